The van der Waals surface area contributed by atoms with Crippen molar-refractivity contribution in [3.63, 3.8) is 0 Å². The lowest BCUT2D eigenvalue weighted by molar-refractivity contribution is -0.122. The highest BCUT2D eigenvalue weighted by Crippen LogP contribution is 2.21. The first-order chi connectivity index (χ1) is 5.77. The van der Waals surface area contributed by atoms with Crippen LogP contribution in [0.1, 0.15) is 19.8 Å². The number of aliphatic imine (C=N–C) groups is 1. The molecule has 64 valence electrons. The molecule has 3 nitrogen and oxygen atoms in total. The summed E-state index contributed by atoms with van der Waals surface area (Å²) in [5.74, 6) is 0.154. The standard InChI is InChI=1S/C9H12N2O/c1-6-9-7(4-5-10-6)2-3-8(12)11-9/h4-6,9H,2-3H2,1H3,(H,11,12). The second kappa shape index (κ2) is 2.73. The second-order valence-corrected chi connectivity index (χ2v) is 3.33. The highest BCUT2D eigenvalue weighted by Gasteiger charge is 2.28. The van der Waals surface area contributed by atoms with Crippen molar-refractivity contribution in [3.05, 3.63) is 11.6 Å². The molecule has 2 aliphatic heterocycles. The Balaban J connectivity index is 2.21. The Morgan fingerprint density at radius 2 is 2.42 bits per heavy atom. The van der Waals surface area contributed by atoms with Crippen molar-refractivity contribution < 1.29 is 4.79 Å². The van der Waals surface area contributed by atoms with Gasteiger partial charge in [-0.2, -0.15) is 0 Å². The van der Waals surface area contributed by atoms with E-state index in [1.807, 2.05) is 19.2 Å². The lowest BCUT2D eigenvalue weighted by atomic mass is 9.91. The fourth-order valence-corrected chi connectivity index (χ4v) is 1.73. The Bertz CT molecular complexity index is 268. The average Bonchev–Trinajstić information content (AvgIpc) is 2.07. The molecule has 0 aromatic carbocycles. The number of rotatable bonds is 0. The molecule has 0 saturated carbocycles. The van der Waals surface area contributed by atoms with Crippen LogP contribution in [0.5, 0.6) is 0 Å². The highest BCUT2D eigenvalue weighted by atomic mass is 16.1. The van der Waals surface area contributed by atoms with Gasteiger partial charge in [0, 0.05) is 12.6 Å². The number of amides is 1. The third kappa shape index (κ3) is 1.15. The van der Waals surface area contributed by atoms with Crippen molar-refractivity contribution in [2.75, 3.05) is 0 Å². The molecule has 1 fully saturated rings. The van der Waals surface area contributed by atoms with E-state index in [9.17, 15) is 4.79 Å². The van der Waals surface area contributed by atoms with Crippen molar-refractivity contribution in [3.8, 4) is 0 Å². The first-order valence-corrected chi connectivity index (χ1v) is 4.29. The molecule has 0 radical (unpaired) electrons. The summed E-state index contributed by atoms with van der Waals surface area (Å²) >= 11 is 0. The van der Waals surface area contributed by atoms with Crippen LogP contribution in [0, 0.1) is 0 Å². The Morgan fingerprint density at radius 3 is 3.25 bits per heavy atom. The van der Waals surface area contributed by atoms with Crippen molar-refractivity contribution >= 4 is 12.1 Å². The van der Waals surface area contributed by atoms with Crippen molar-refractivity contribution in [2.45, 2.75) is 31.8 Å². The number of hydrogen-bond acceptors (Lipinski definition) is 2. The van der Waals surface area contributed by atoms with E-state index in [0.717, 1.165) is 6.42 Å². The summed E-state index contributed by atoms with van der Waals surface area (Å²) in [5.41, 5.74) is 1.32. The van der Waals surface area contributed by atoms with Crippen molar-refractivity contribution in [2.24, 2.45) is 4.99 Å². The molecule has 0 aliphatic carbocycles. The zero-order chi connectivity index (χ0) is 8.55. The molecule has 2 rings (SSSR count). The van der Waals surface area contributed by atoms with Crippen LogP contribution in [-0.4, -0.2) is 24.2 Å². The molecule has 2 atom stereocenters. The normalized spacial score (nSPS) is 33.8. The molecule has 0 aromatic rings. The van der Waals surface area contributed by atoms with Crippen molar-refractivity contribution in [1.29, 1.82) is 0 Å². The highest BCUT2D eigenvalue weighted by molar-refractivity contribution is 5.81. The molecule has 0 spiro atoms. The van der Waals surface area contributed by atoms with E-state index in [2.05, 4.69) is 10.3 Å². The number of nitrogens with one attached hydrogen (secondary N) is 1. The smallest absolute Gasteiger partial charge is 0.220 e. The number of nitrogens with zero attached hydrogens (tertiary/aromatic N) is 1. The van der Waals surface area contributed by atoms with Gasteiger partial charge in [-0.15, -0.1) is 0 Å². The van der Waals surface area contributed by atoms with Gasteiger partial charge in [0.05, 0.1) is 12.1 Å². The summed E-state index contributed by atoms with van der Waals surface area (Å²) in [5, 5.41) is 2.95. The molecular formula is C9H12N2O. The minimum atomic E-state index is 0.154. The number of piperidine rings is 1. The van der Waals surface area contributed by atoms with E-state index >= 15 is 0 Å². The summed E-state index contributed by atoms with van der Waals surface area (Å²) in [7, 11) is 0. The quantitative estimate of drug-likeness (QED) is 0.561. The number of dihydropyridines is 1. The van der Waals surface area contributed by atoms with E-state index in [-0.39, 0.29) is 18.0 Å². The summed E-state index contributed by atoms with van der Waals surface area (Å²) in [6, 6.07) is 0.366. The topological polar surface area (TPSA) is 41.5 Å². The maximum absolute atomic E-state index is 11.1. The molecule has 1 saturated heterocycles. The predicted octanol–water partition coefficient (Wildman–Crippen LogP) is 0.664. The average molecular weight is 164 g/mol. The first-order valence-electron chi connectivity index (χ1n) is 4.29. The van der Waals surface area contributed by atoms with E-state index in [4.69, 9.17) is 0 Å². The first kappa shape index (κ1) is 7.53. The minimum Gasteiger partial charge on any atom is -0.347 e. The van der Waals surface area contributed by atoms with Crippen LogP contribution < -0.4 is 5.32 Å². The molecular weight excluding hydrogens is 152 g/mol. The summed E-state index contributed by atoms with van der Waals surface area (Å²) in [6.45, 7) is 2.03. The van der Waals surface area contributed by atoms with E-state index in [0.29, 0.717) is 6.42 Å². The van der Waals surface area contributed by atoms with Crippen LogP contribution in [0.3, 0.4) is 0 Å². The fourth-order valence-electron chi connectivity index (χ4n) is 1.73. The van der Waals surface area contributed by atoms with Crippen LogP contribution in [0.2, 0.25) is 0 Å². The van der Waals surface area contributed by atoms with Crippen LogP contribution >= 0.6 is 0 Å². The molecule has 3 heteroatoms. The van der Waals surface area contributed by atoms with E-state index in [1.165, 1.54) is 5.57 Å². The predicted molar refractivity (Wildman–Crippen MR) is 47.2 cm³/mol. The van der Waals surface area contributed by atoms with Crippen molar-refractivity contribution in [1.82, 2.24) is 5.32 Å². The van der Waals surface area contributed by atoms with Gasteiger partial charge in [-0.3, -0.25) is 9.79 Å². The van der Waals surface area contributed by atoms with Crippen LogP contribution in [-0.2, 0) is 4.79 Å². The van der Waals surface area contributed by atoms with E-state index < -0.39 is 0 Å². The number of fused-ring (bicyclic) bond motifs is 1. The maximum Gasteiger partial charge on any atom is 0.220 e. The Kier molecular flexibility index (Phi) is 1.71. The minimum absolute atomic E-state index is 0.154. The zero-order valence-corrected chi connectivity index (χ0v) is 7.08. The summed E-state index contributed by atoms with van der Waals surface area (Å²) in [4.78, 5) is 15.3. The molecule has 2 unspecified atom stereocenters. The van der Waals surface area contributed by atoms with Gasteiger partial charge in [0.15, 0.2) is 0 Å². The van der Waals surface area contributed by atoms with Gasteiger partial charge in [0.1, 0.15) is 0 Å². The molecule has 2 heterocycles. The van der Waals surface area contributed by atoms with Gasteiger partial charge < -0.3 is 5.32 Å². The van der Waals surface area contributed by atoms with Gasteiger partial charge in [-0.25, -0.2) is 0 Å². The second-order valence-electron chi connectivity index (χ2n) is 3.33. The monoisotopic (exact) mass is 164 g/mol. The Labute approximate surface area is 71.6 Å². The fraction of sp³-hybridized carbons (Fsp3) is 0.556. The van der Waals surface area contributed by atoms with Gasteiger partial charge in [-0.05, 0) is 25.0 Å². The molecule has 2 aliphatic rings. The van der Waals surface area contributed by atoms with Gasteiger partial charge in [0.25, 0.3) is 0 Å². The molecule has 1 N–H and O–H groups in total. The van der Waals surface area contributed by atoms with Gasteiger partial charge >= 0.3 is 0 Å². The van der Waals surface area contributed by atoms with Crippen LogP contribution in [0.15, 0.2) is 16.6 Å². The molecule has 1 amide bonds. The van der Waals surface area contributed by atoms with Crippen LogP contribution in [0.25, 0.3) is 0 Å². The number of carbonyl (C=O) groups excluding carboxylic acids is 1. The Hall–Kier alpha value is -1.12. The molecule has 0 aromatic heterocycles. The summed E-state index contributed by atoms with van der Waals surface area (Å²) in [6.07, 6.45) is 5.38. The van der Waals surface area contributed by atoms with Crippen LogP contribution in [0.4, 0.5) is 0 Å². The number of allylic oxidation sites excluding steroid dienone is 1. The number of hydrogen-bond donors (Lipinski definition) is 1. The third-order valence-electron chi connectivity index (χ3n) is 2.45. The van der Waals surface area contributed by atoms with Gasteiger partial charge in [0.2, 0.25) is 5.91 Å². The lowest BCUT2D eigenvalue weighted by Crippen LogP contribution is -2.47. The van der Waals surface area contributed by atoms with Gasteiger partial charge in [-0.1, -0.05) is 0 Å². The Morgan fingerprint density at radius 1 is 1.58 bits per heavy atom. The largest absolute Gasteiger partial charge is 0.347 e. The maximum atomic E-state index is 11.1. The SMILES string of the molecule is CC1N=CC=C2CCC(=O)NC21. The molecule has 0 bridgehead atoms. The number of carbonyl (C=O) groups is 1. The lowest BCUT2D eigenvalue weighted by Gasteiger charge is -2.31. The van der Waals surface area contributed by atoms with E-state index in [1.54, 1.807) is 0 Å². The zero-order valence-electron chi connectivity index (χ0n) is 7.08. The molecule has 12 heavy (non-hydrogen) atoms. The summed E-state index contributed by atoms with van der Waals surface area (Å²) < 4.78 is 0. The third-order valence-corrected chi connectivity index (χ3v) is 2.45.